The fourth-order valence-electron chi connectivity index (χ4n) is 3.70. The third kappa shape index (κ3) is 3.00. The number of hydrogen-bond acceptors (Lipinski definition) is 7. The molecule has 2 aliphatic rings. The Kier molecular flexibility index (Phi) is 4.26. The fourth-order valence-corrected chi connectivity index (χ4v) is 3.70. The van der Waals surface area contributed by atoms with Gasteiger partial charge in [-0.3, -0.25) is 9.69 Å². The predicted molar refractivity (Wildman–Crippen MR) is 97.6 cm³/mol. The number of anilines is 1. The summed E-state index contributed by atoms with van der Waals surface area (Å²) in [4.78, 5) is 17.9. The summed E-state index contributed by atoms with van der Waals surface area (Å²) in [6.45, 7) is 1.61. The summed E-state index contributed by atoms with van der Waals surface area (Å²) in [6.07, 6.45) is 0.215. The van der Waals surface area contributed by atoms with Crippen molar-refractivity contribution in [3.8, 4) is 22.8 Å². The van der Waals surface area contributed by atoms with Crippen molar-refractivity contribution in [3.05, 3.63) is 36.4 Å². The Hall–Kier alpha value is -2.64. The Morgan fingerprint density at radius 1 is 1.27 bits per heavy atom. The third-order valence-corrected chi connectivity index (χ3v) is 5.24. The van der Waals surface area contributed by atoms with Gasteiger partial charge < -0.3 is 20.9 Å². The van der Waals surface area contributed by atoms with E-state index in [1.54, 1.807) is 19.2 Å². The number of methoxy groups -OCH3 is 1. The highest BCUT2D eigenvalue weighted by Crippen LogP contribution is 2.44. The highest BCUT2D eigenvalue weighted by atomic mass is 16.5. The summed E-state index contributed by atoms with van der Waals surface area (Å²) in [6, 6.07) is 11.1. The van der Waals surface area contributed by atoms with Crippen LogP contribution in [0.25, 0.3) is 11.3 Å². The maximum absolute atomic E-state index is 11.5. The first-order valence-corrected chi connectivity index (χ1v) is 8.63. The van der Waals surface area contributed by atoms with Gasteiger partial charge in [-0.05, 0) is 36.1 Å². The number of carbonyl (C=O) groups excluding carboxylic acids is 1. The van der Waals surface area contributed by atoms with E-state index >= 15 is 0 Å². The molecule has 2 fully saturated rings. The molecule has 0 amide bonds. The number of hydrogen-bond donors (Lipinski definition) is 2. The van der Waals surface area contributed by atoms with Gasteiger partial charge in [0.2, 0.25) is 6.23 Å². The number of carbonyl (C=O) groups is 1. The van der Waals surface area contributed by atoms with Crippen molar-refractivity contribution in [3.63, 3.8) is 0 Å². The number of piperidine rings is 1. The van der Waals surface area contributed by atoms with E-state index < -0.39 is 6.23 Å². The van der Waals surface area contributed by atoms with E-state index in [-0.39, 0.29) is 6.04 Å². The lowest BCUT2D eigenvalue weighted by Gasteiger charge is -2.26. The predicted octanol–water partition coefficient (Wildman–Crippen LogP) is 1.13. The number of ether oxygens (including phenoxy) is 2. The van der Waals surface area contributed by atoms with Gasteiger partial charge in [0.1, 0.15) is 17.3 Å². The van der Waals surface area contributed by atoms with Crippen LogP contribution in [0.4, 0.5) is 5.82 Å². The van der Waals surface area contributed by atoms with Gasteiger partial charge in [-0.1, -0.05) is 6.07 Å². The maximum atomic E-state index is 11.5. The van der Waals surface area contributed by atoms with E-state index in [4.69, 9.17) is 20.9 Å². The molecular weight excluding hydrogens is 332 g/mol. The molecule has 0 bridgehead atoms. The quantitative estimate of drug-likeness (QED) is 0.750. The van der Waals surface area contributed by atoms with Gasteiger partial charge in [-0.25, -0.2) is 4.98 Å². The maximum Gasteiger partial charge on any atom is 0.209 e. The normalized spacial score (nSPS) is 25.4. The molecule has 2 heterocycles. The van der Waals surface area contributed by atoms with Crippen molar-refractivity contribution in [1.29, 1.82) is 0 Å². The van der Waals surface area contributed by atoms with Gasteiger partial charge in [-0.15, -0.1) is 0 Å². The van der Waals surface area contributed by atoms with Crippen LogP contribution in [0.5, 0.6) is 11.5 Å². The third-order valence-electron chi connectivity index (χ3n) is 5.24. The molecule has 7 nitrogen and oxygen atoms in total. The molecule has 1 aliphatic carbocycles. The molecule has 3 unspecified atom stereocenters. The van der Waals surface area contributed by atoms with Crippen molar-refractivity contribution in [2.75, 3.05) is 25.9 Å². The minimum atomic E-state index is -0.615. The summed E-state index contributed by atoms with van der Waals surface area (Å²) in [5, 5.41) is 0. The minimum Gasteiger partial charge on any atom is -0.496 e. The molecule has 7 heteroatoms. The van der Waals surface area contributed by atoms with E-state index in [1.165, 1.54) is 0 Å². The second kappa shape index (κ2) is 6.59. The number of fused-ring (bicyclic) bond motifs is 1. The van der Waals surface area contributed by atoms with Crippen LogP contribution in [0.1, 0.15) is 0 Å². The number of nitrogen functional groups attached to an aromatic ring is 1. The second-order valence-electron chi connectivity index (χ2n) is 6.81. The Labute approximate surface area is 151 Å². The Bertz CT molecular complexity index is 816. The summed E-state index contributed by atoms with van der Waals surface area (Å²) >= 11 is 0. The largest absolute Gasteiger partial charge is 0.496 e. The number of benzene rings is 1. The first kappa shape index (κ1) is 16.8. The summed E-state index contributed by atoms with van der Waals surface area (Å²) in [7, 11) is 1.58. The highest BCUT2D eigenvalue weighted by Gasteiger charge is 2.55. The summed E-state index contributed by atoms with van der Waals surface area (Å²) in [5.41, 5.74) is 13.3. The van der Waals surface area contributed by atoms with Crippen molar-refractivity contribution in [2.45, 2.75) is 12.3 Å². The standard InChI is InChI=1S/C19H22N4O3/c1-25-16-7-11(5-6-12(16)15-3-2-4-17(20)22-15)26-18(10-24)23-8-13-14(9-23)19(13)21/h2-7,10,13-14,18-19H,8-9,21H2,1H3,(H2,20,22). The smallest absolute Gasteiger partial charge is 0.209 e. The monoisotopic (exact) mass is 354 g/mol. The molecule has 136 valence electrons. The zero-order chi connectivity index (χ0) is 18.3. The second-order valence-corrected chi connectivity index (χ2v) is 6.81. The van der Waals surface area contributed by atoms with E-state index in [1.807, 2.05) is 29.2 Å². The van der Waals surface area contributed by atoms with Crippen molar-refractivity contribution >= 4 is 12.1 Å². The number of nitrogens with zero attached hydrogens (tertiary/aromatic N) is 2. The summed E-state index contributed by atoms with van der Waals surface area (Å²) in [5.74, 6) is 2.60. The van der Waals surface area contributed by atoms with Gasteiger partial charge in [0.25, 0.3) is 0 Å². The first-order valence-electron chi connectivity index (χ1n) is 8.63. The minimum absolute atomic E-state index is 0.281. The van der Waals surface area contributed by atoms with Crippen molar-refractivity contribution in [1.82, 2.24) is 9.88 Å². The van der Waals surface area contributed by atoms with Gasteiger partial charge in [0.05, 0.1) is 12.8 Å². The van der Waals surface area contributed by atoms with Crippen LogP contribution in [0.2, 0.25) is 0 Å². The van der Waals surface area contributed by atoms with Crippen LogP contribution in [0.15, 0.2) is 36.4 Å². The first-order chi connectivity index (χ1) is 12.6. The Balaban J connectivity index is 1.53. The zero-order valence-corrected chi connectivity index (χ0v) is 14.5. The lowest BCUT2D eigenvalue weighted by molar-refractivity contribution is -0.121. The van der Waals surface area contributed by atoms with E-state index in [0.29, 0.717) is 34.8 Å². The van der Waals surface area contributed by atoms with E-state index in [2.05, 4.69) is 4.98 Å². The molecule has 0 spiro atoms. The summed E-state index contributed by atoms with van der Waals surface area (Å²) < 4.78 is 11.4. The lowest BCUT2D eigenvalue weighted by atomic mass is 10.1. The number of pyridine rings is 1. The number of nitrogens with two attached hydrogens (primary N) is 2. The molecular formula is C19H22N4O3. The molecule has 4 N–H and O–H groups in total. The van der Waals surface area contributed by atoms with Crippen LogP contribution < -0.4 is 20.9 Å². The van der Waals surface area contributed by atoms with Crippen LogP contribution in [0, 0.1) is 11.8 Å². The molecule has 1 saturated heterocycles. The number of aldehydes is 1. The molecule has 1 aromatic heterocycles. The van der Waals surface area contributed by atoms with Crippen LogP contribution in [-0.4, -0.2) is 48.6 Å². The van der Waals surface area contributed by atoms with Crippen LogP contribution in [0.3, 0.4) is 0 Å². The number of likely N-dealkylation sites (tertiary alicyclic amines) is 1. The molecule has 1 aromatic carbocycles. The van der Waals surface area contributed by atoms with Crippen molar-refractivity contribution < 1.29 is 14.3 Å². The van der Waals surface area contributed by atoms with Gasteiger partial charge in [0, 0.05) is 30.8 Å². The molecule has 0 radical (unpaired) electrons. The Morgan fingerprint density at radius 2 is 2.04 bits per heavy atom. The van der Waals surface area contributed by atoms with E-state index in [0.717, 1.165) is 24.9 Å². The molecule has 1 aliphatic heterocycles. The number of aromatic nitrogens is 1. The SMILES string of the molecule is COc1cc(OC(C=O)N2CC3C(N)C3C2)ccc1-c1cccc(N)n1. The molecule has 3 atom stereocenters. The van der Waals surface area contributed by atoms with Gasteiger partial charge in [-0.2, -0.15) is 0 Å². The van der Waals surface area contributed by atoms with Crippen LogP contribution in [-0.2, 0) is 4.79 Å². The van der Waals surface area contributed by atoms with Gasteiger partial charge >= 0.3 is 0 Å². The highest BCUT2D eigenvalue weighted by molar-refractivity contribution is 5.69. The number of rotatable bonds is 6. The zero-order valence-electron chi connectivity index (χ0n) is 14.5. The van der Waals surface area contributed by atoms with E-state index in [9.17, 15) is 4.79 Å². The molecule has 26 heavy (non-hydrogen) atoms. The average molecular weight is 354 g/mol. The lowest BCUT2D eigenvalue weighted by Crippen LogP contribution is -2.42. The molecule has 2 aromatic rings. The average Bonchev–Trinajstić information content (AvgIpc) is 3.06. The Morgan fingerprint density at radius 3 is 2.69 bits per heavy atom. The fraction of sp³-hybridized carbons (Fsp3) is 0.368. The molecule has 1 saturated carbocycles. The topological polar surface area (TPSA) is 104 Å². The van der Waals surface area contributed by atoms with Crippen LogP contribution >= 0.6 is 0 Å². The van der Waals surface area contributed by atoms with Crippen molar-refractivity contribution in [2.24, 2.45) is 17.6 Å². The molecule has 4 rings (SSSR count). The van der Waals surface area contributed by atoms with Gasteiger partial charge in [0.15, 0.2) is 6.29 Å².